The monoisotopic (exact) mass is 422 g/mol. The lowest BCUT2D eigenvalue weighted by atomic mass is 10.0. The second-order valence-corrected chi connectivity index (χ2v) is 8.47. The molecule has 1 aromatic rings. The van der Waals surface area contributed by atoms with Crippen molar-refractivity contribution < 1.29 is 9.47 Å². The number of hydrogen-bond acceptors (Lipinski definition) is 7. The van der Waals surface area contributed by atoms with Gasteiger partial charge in [-0.05, 0) is 25.0 Å². The summed E-state index contributed by atoms with van der Waals surface area (Å²) in [6.45, 7) is 4.75. The molecular formula is C23H26N4O2S. The highest BCUT2D eigenvalue weighted by molar-refractivity contribution is 7.99. The Bertz CT molecular complexity index is 908. The van der Waals surface area contributed by atoms with E-state index in [1.807, 2.05) is 6.07 Å². The molecule has 6 nitrogen and oxygen atoms in total. The van der Waals surface area contributed by atoms with E-state index in [4.69, 9.17) is 14.7 Å². The van der Waals surface area contributed by atoms with Gasteiger partial charge in [-0.1, -0.05) is 23.8 Å². The fourth-order valence-electron chi connectivity index (χ4n) is 3.62. The van der Waals surface area contributed by atoms with Gasteiger partial charge in [-0.25, -0.2) is 4.98 Å². The number of nitrogens with zero attached hydrogens (tertiary/aromatic N) is 4. The average Bonchev–Trinajstić information content (AvgIpc) is 2.81. The van der Waals surface area contributed by atoms with Crippen LogP contribution in [0.3, 0.4) is 0 Å². The molecule has 156 valence electrons. The molecule has 4 rings (SSSR count). The van der Waals surface area contributed by atoms with Crippen molar-refractivity contribution in [1.82, 2.24) is 14.8 Å². The van der Waals surface area contributed by atoms with Gasteiger partial charge in [0.2, 0.25) is 5.88 Å². The summed E-state index contributed by atoms with van der Waals surface area (Å²) >= 11 is 1.65. The third kappa shape index (κ3) is 5.47. The molecule has 1 aromatic heterocycles. The van der Waals surface area contributed by atoms with Gasteiger partial charge in [-0.15, -0.1) is 11.8 Å². The average molecular weight is 423 g/mol. The first kappa shape index (κ1) is 20.6. The third-order valence-corrected chi connectivity index (χ3v) is 6.33. The van der Waals surface area contributed by atoms with Crippen molar-refractivity contribution in [3.05, 3.63) is 71.9 Å². The van der Waals surface area contributed by atoms with Gasteiger partial charge < -0.3 is 14.4 Å². The number of pyridine rings is 1. The zero-order chi connectivity index (χ0) is 20.6. The standard InChI is InChI=1S/C23H26N4O2S/c24-16-20-7-4-8-25-23(20)30-14-13-26-9-11-27(12-10-26)22-18-28-21(17-29-22)15-19-5-2-1-3-6-19/h1-2,4-5,7-8,17-18H,3,6,9-15H2. The Balaban J connectivity index is 1.17. The molecule has 0 saturated carbocycles. The normalized spacial score (nSPS) is 19.2. The van der Waals surface area contributed by atoms with E-state index in [1.165, 1.54) is 5.57 Å². The molecule has 0 spiro atoms. The number of thioether (sulfide) groups is 1. The number of nitriles is 1. The van der Waals surface area contributed by atoms with Crippen molar-refractivity contribution in [2.75, 3.05) is 38.5 Å². The van der Waals surface area contributed by atoms with E-state index in [-0.39, 0.29) is 0 Å². The molecule has 0 bridgehead atoms. The lowest BCUT2D eigenvalue weighted by Crippen LogP contribution is -2.46. The van der Waals surface area contributed by atoms with Crippen LogP contribution < -0.4 is 0 Å². The Labute approximate surface area is 182 Å². The second kappa shape index (κ2) is 10.4. The predicted molar refractivity (Wildman–Crippen MR) is 117 cm³/mol. The molecule has 3 heterocycles. The molecule has 0 amide bonds. The molecule has 1 saturated heterocycles. The van der Waals surface area contributed by atoms with E-state index in [9.17, 15) is 0 Å². The molecular weight excluding hydrogens is 396 g/mol. The highest BCUT2D eigenvalue weighted by atomic mass is 32.2. The van der Waals surface area contributed by atoms with Gasteiger partial charge >= 0.3 is 0 Å². The molecule has 0 atom stereocenters. The van der Waals surface area contributed by atoms with Gasteiger partial charge in [0.1, 0.15) is 23.1 Å². The Morgan fingerprint density at radius 2 is 2.07 bits per heavy atom. The maximum absolute atomic E-state index is 9.16. The first-order valence-electron chi connectivity index (χ1n) is 10.3. The van der Waals surface area contributed by atoms with Crippen LogP contribution >= 0.6 is 11.8 Å². The van der Waals surface area contributed by atoms with Gasteiger partial charge in [-0.3, -0.25) is 4.90 Å². The van der Waals surface area contributed by atoms with E-state index in [0.29, 0.717) is 5.56 Å². The van der Waals surface area contributed by atoms with Crippen molar-refractivity contribution in [3.8, 4) is 6.07 Å². The van der Waals surface area contributed by atoms with E-state index < -0.39 is 0 Å². The molecule has 1 fully saturated rings. The molecule has 1 aliphatic carbocycles. The van der Waals surface area contributed by atoms with Crippen LogP contribution in [0.4, 0.5) is 0 Å². The van der Waals surface area contributed by atoms with Crippen molar-refractivity contribution in [2.24, 2.45) is 0 Å². The lowest BCUT2D eigenvalue weighted by Gasteiger charge is -2.36. The van der Waals surface area contributed by atoms with E-state index >= 15 is 0 Å². The summed E-state index contributed by atoms with van der Waals surface area (Å²) in [6.07, 6.45) is 14.7. The summed E-state index contributed by atoms with van der Waals surface area (Å²) in [4.78, 5) is 8.98. The van der Waals surface area contributed by atoms with Gasteiger partial charge in [0.05, 0.1) is 5.56 Å². The second-order valence-electron chi connectivity index (χ2n) is 7.39. The molecule has 2 aliphatic heterocycles. The van der Waals surface area contributed by atoms with Crippen molar-refractivity contribution >= 4 is 11.8 Å². The number of hydrogen-bond donors (Lipinski definition) is 0. The molecule has 30 heavy (non-hydrogen) atoms. The molecule has 0 aromatic carbocycles. The largest absolute Gasteiger partial charge is 0.460 e. The summed E-state index contributed by atoms with van der Waals surface area (Å²) in [5.41, 5.74) is 2.03. The van der Waals surface area contributed by atoms with E-state index in [0.717, 1.165) is 74.4 Å². The minimum atomic E-state index is 0.650. The zero-order valence-corrected chi connectivity index (χ0v) is 17.8. The summed E-state index contributed by atoms with van der Waals surface area (Å²) < 4.78 is 11.7. The van der Waals surface area contributed by atoms with Gasteiger partial charge in [0.25, 0.3) is 0 Å². The molecule has 3 aliphatic rings. The fourth-order valence-corrected chi connectivity index (χ4v) is 4.57. The number of rotatable bonds is 7. The Kier molecular flexibility index (Phi) is 7.11. The van der Waals surface area contributed by atoms with Crippen LogP contribution in [0.15, 0.2) is 71.3 Å². The van der Waals surface area contributed by atoms with Crippen molar-refractivity contribution in [1.29, 1.82) is 5.26 Å². The molecule has 0 unspecified atom stereocenters. The quantitative estimate of drug-likeness (QED) is 0.615. The summed E-state index contributed by atoms with van der Waals surface area (Å²) in [6, 6.07) is 5.82. The first-order valence-corrected chi connectivity index (χ1v) is 11.3. The maximum Gasteiger partial charge on any atom is 0.231 e. The number of allylic oxidation sites excluding steroid dienone is 4. The van der Waals surface area contributed by atoms with Gasteiger partial charge in [0, 0.05) is 51.1 Å². The van der Waals surface area contributed by atoms with Gasteiger partial charge in [0.15, 0.2) is 6.26 Å². The van der Waals surface area contributed by atoms with Crippen LogP contribution in [0.1, 0.15) is 24.8 Å². The smallest absolute Gasteiger partial charge is 0.231 e. The van der Waals surface area contributed by atoms with Crippen LogP contribution in [-0.2, 0) is 9.47 Å². The zero-order valence-electron chi connectivity index (χ0n) is 17.0. The maximum atomic E-state index is 9.16. The summed E-state index contributed by atoms with van der Waals surface area (Å²) in [5, 5.41) is 9.98. The highest BCUT2D eigenvalue weighted by Crippen LogP contribution is 2.25. The Hall–Kier alpha value is -2.69. The highest BCUT2D eigenvalue weighted by Gasteiger charge is 2.22. The number of piperazine rings is 1. The van der Waals surface area contributed by atoms with E-state index in [1.54, 1.807) is 36.5 Å². The number of ether oxygens (including phenoxy) is 2. The Morgan fingerprint density at radius 1 is 1.17 bits per heavy atom. The lowest BCUT2D eigenvalue weighted by molar-refractivity contribution is 0.0853. The fraction of sp³-hybridized carbons (Fsp3) is 0.391. The van der Waals surface area contributed by atoms with Crippen LogP contribution in [0.25, 0.3) is 0 Å². The Morgan fingerprint density at radius 3 is 2.80 bits per heavy atom. The van der Waals surface area contributed by atoms with Crippen molar-refractivity contribution in [2.45, 2.75) is 24.3 Å². The summed E-state index contributed by atoms with van der Waals surface area (Å²) in [7, 11) is 0. The minimum Gasteiger partial charge on any atom is -0.460 e. The van der Waals surface area contributed by atoms with E-state index in [2.05, 4.69) is 39.1 Å². The molecule has 7 heteroatoms. The topological polar surface area (TPSA) is 61.6 Å². The van der Waals surface area contributed by atoms with Crippen LogP contribution in [-0.4, -0.2) is 53.3 Å². The number of aromatic nitrogens is 1. The molecule has 0 radical (unpaired) electrons. The van der Waals surface area contributed by atoms with Crippen LogP contribution in [0.2, 0.25) is 0 Å². The first-order chi connectivity index (χ1) is 14.8. The summed E-state index contributed by atoms with van der Waals surface area (Å²) in [5.74, 6) is 2.57. The SMILES string of the molecule is N#Cc1cccnc1SCCN1CCN(C2=COC(CC3=CC=CCC3)=CO2)CC1. The third-order valence-electron chi connectivity index (χ3n) is 5.35. The van der Waals surface area contributed by atoms with Crippen LogP contribution in [0.5, 0.6) is 0 Å². The van der Waals surface area contributed by atoms with Crippen LogP contribution in [0, 0.1) is 11.3 Å². The molecule has 0 N–H and O–H groups in total. The van der Waals surface area contributed by atoms with Crippen molar-refractivity contribution in [3.63, 3.8) is 0 Å². The van der Waals surface area contributed by atoms with Gasteiger partial charge in [-0.2, -0.15) is 5.26 Å². The minimum absolute atomic E-state index is 0.650. The predicted octanol–water partition coefficient (Wildman–Crippen LogP) is 4.02.